The van der Waals surface area contributed by atoms with Gasteiger partial charge in [0, 0.05) is 17.8 Å². The van der Waals surface area contributed by atoms with Gasteiger partial charge in [0.25, 0.3) is 0 Å². The number of hydrogen-bond donors (Lipinski definition) is 2. The molecule has 4 N–H and O–H groups in total. The summed E-state index contributed by atoms with van der Waals surface area (Å²) in [7, 11) is 0. The topological polar surface area (TPSA) is 72.3 Å². The van der Waals surface area contributed by atoms with Crippen molar-refractivity contribution in [2.24, 2.45) is 28.8 Å². The van der Waals surface area contributed by atoms with Crippen LogP contribution in [0.5, 0.6) is 0 Å². The van der Waals surface area contributed by atoms with Gasteiger partial charge < -0.3 is 10.7 Å². The molecule has 0 aromatic heterocycles. The normalized spacial score (nSPS) is 27.5. The monoisotopic (exact) mass is 353 g/mol. The molecule has 1 saturated carbocycles. The molecule has 0 aromatic rings. The second-order valence-electron chi connectivity index (χ2n) is 6.14. The number of allylic oxidation sites excluding steroid dienone is 1. The summed E-state index contributed by atoms with van der Waals surface area (Å²) in [4.78, 5) is 0. The lowest BCUT2D eigenvalue weighted by Crippen LogP contribution is -2.42. The van der Waals surface area contributed by atoms with Gasteiger partial charge in [-0.25, -0.2) is 5.84 Å². The highest BCUT2D eigenvalue weighted by Crippen LogP contribution is 2.37. The average Bonchev–Trinajstić information content (AvgIpc) is 2.11. The van der Waals surface area contributed by atoms with E-state index in [0.717, 1.165) is 24.5 Å². The van der Waals surface area contributed by atoms with Crippen molar-refractivity contribution in [2.75, 3.05) is 0 Å². The number of halogens is 1. The van der Waals surface area contributed by atoms with E-state index in [2.05, 4.69) is 6.92 Å². The third-order valence-corrected chi connectivity index (χ3v) is 6.20. The summed E-state index contributed by atoms with van der Waals surface area (Å²) in [6, 6.07) is 0. The zero-order valence-electron chi connectivity index (χ0n) is 11.1. The van der Waals surface area contributed by atoms with Crippen molar-refractivity contribution in [3.63, 3.8) is 0 Å². The van der Waals surface area contributed by atoms with E-state index in [1.54, 1.807) is 11.2 Å². The van der Waals surface area contributed by atoms with Gasteiger partial charge in [-0.3, -0.25) is 3.07 Å². The van der Waals surface area contributed by atoms with Gasteiger partial charge >= 0.3 is 0 Å². The highest BCUT2D eigenvalue weighted by Gasteiger charge is 2.31. The summed E-state index contributed by atoms with van der Waals surface area (Å²) < 4.78 is 11.2. The highest BCUT2D eigenvalue weighted by atomic mass is 127. The number of hydrazine groups is 1. The first-order valence-electron chi connectivity index (χ1n) is 6.01. The molecule has 1 aliphatic rings. The largest absolute Gasteiger partial charge is 0.401 e. The molecule has 0 heterocycles. The fourth-order valence-electron chi connectivity index (χ4n) is 2.14. The van der Waals surface area contributed by atoms with E-state index in [4.69, 9.17) is 11.6 Å². The Balaban J connectivity index is 2.66. The molecule has 1 rings (SSSR count). The summed E-state index contributed by atoms with van der Waals surface area (Å²) in [6.07, 6.45) is 4.07. The lowest BCUT2D eigenvalue weighted by Gasteiger charge is -2.36. The van der Waals surface area contributed by atoms with Gasteiger partial charge in [-0.05, 0) is 24.2 Å². The minimum atomic E-state index is -1.18. The highest BCUT2D eigenvalue weighted by molar-refractivity contribution is 14.1. The number of rotatable bonds is 4. The first-order valence-corrected chi connectivity index (χ1v) is 8.14. The van der Waals surface area contributed by atoms with Gasteiger partial charge in [0.15, 0.2) is 21.2 Å². The van der Waals surface area contributed by atoms with E-state index in [9.17, 15) is 3.07 Å². The Labute approximate surface area is 114 Å². The Morgan fingerprint density at radius 1 is 1.47 bits per heavy atom. The molecular weight excluding hydrogens is 329 g/mol. The van der Waals surface area contributed by atoms with E-state index in [0.29, 0.717) is 5.92 Å². The van der Waals surface area contributed by atoms with Gasteiger partial charge in [-0.2, -0.15) is 0 Å². The van der Waals surface area contributed by atoms with Gasteiger partial charge in [0.2, 0.25) is 0 Å². The number of nitrogens with zero attached hydrogens (tertiary/aromatic N) is 1. The van der Waals surface area contributed by atoms with Gasteiger partial charge in [0.05, 0.1) is 0 Å². The second-order valence-corrected chi connectivity index (χ2v) is 7.83. The molecule has 1 atom stereocenters. The van der Waals surface area contributed by atoms with Crippen LogP contribution in [-0.2, 0) is 3.07 Å². The molecule has 1 fully saturated rings. The van der Waals surface area contributed by atoms with Crippen LogP contribution in [0.2, 0.25) is 0 Å². The molecular formula is C12H24IN3O. The number of nitrogens with two attached hydrogens (primary N) is 2. The molecule has 17 heavy (non-hydrogen) atoms. The maximum Gasteiger partial charge on any atom is 0.171 e. The Morgan fingerprint density at radius 3 is 2.35 bits per heavy atom. The van der Waals surface area contributed by atoms with Crippen LogP contribution in [0.1, 0.15) is 40.5 Å². The zero-order chi connectivity index (χ0) is 13.2. The SMILES string of the molecule is CC1CC(/C(N)=C/N(N)C(I=O)C(C)(C)C)C1. The molecule has 5 heteroatoms. The van der Waals surface area contributed by atoms with Crippen molar-refractivity contribution < 1.29 is 3.07 Å². The van der Waals surface area contributed by atoms with Crippen LogP contribution in [0.3, 0.4) is 0 Å². The lowest BCUT2D eigenvalue weighted by molar-refractivity contribution is 0.219. The molecule has 0 saturated heterocycles. The van der Waals surface area contributed by atoms with Crippen molar-refractivity contribution in [2.45, 2.75) is 44.6 Å². The molecule has 4 nitrogen and oxygen atoms in total. The predicted octanol–water partition coefficient (Wildman–Crippen LogP) is 2.70. The standard InChI is InChI=1S/C12H24IN3O/c1-8-5-9(6-8)10(14)7-16(15)11(13-17)12(2,3)4/h7-9,11H,5-6,14-15H2,1-4H3/b10-7-. The summed E-state index contributed by atoms with van der Waals surface area (Å²) in [5, 5.41) is 1.55. The van der Waals surface area contributed by atoms with Crippen LogP contribution < -0.4 is 11.6 Å². The van der Waals surface area contributed by atoms with Gasteiger partial charge in [-0.1, -0.05) is 27.7 Å². The predicted molar refractivity (Wildman–Crippen MR) is 78.1 cm³/mol. The number of alkyl halides is 1. The first-order chi connectivity index (χ1) is 7.75. The molecule has 1 aliphatic carbocycles. The van der Waals surface area contributed by atoms with E-state index < -0.39 is 21.2 Å². The van der Waals surface area contributed by atoms with Crippen LogP contribution in [0.4, 0.5) is 0 Å². The molecule has 1 unspecified atom stereocenters. The minimum absolute atomic E-state index is 0.0898. The molecule has 0 aromatic carbocycles. The molecule has 0 amide bonds. The third-order valence-electron chi connectivity index (χ3n) is 3.20. The molecule has 0 bridgehead atoms. The maximum absolute atomic E-state index is 11.3. The Hall–Kier alpha value is -0.170. The van der Waals surface area contributed by atoms with Crippen molar-refractivity contribution >= 4 is 21.2 Å². The number of hydrogen-bond acceptors (Lipinski definition) is 4. The van der Waals surface area contributed by atoms with E-state index in [1.165, 1.54) is 0 Å². The minimum Gasteiger partial charge on any atom is -0.401 e. The fraction of sp³-hybridized carbons (Fsp3) is 0.833. The summed E-state index contributed by atoms with van der Waals surface area (Å²) in [6.45, 7) is 8.37. The Kier molecular flexibility index (Phi) is 4.95. The van der Waals surface area contributed by atoms with Crippen molar-refractivity contribution in [1.82, 2.24) is 5.01 Å². The molecule has 0 aliphatic heterocycles. The van der Waals surface area contributed by atoms with Crippen LogP contribution in [0.15, 0.2) is 11.9 Å². The molecule has 0 radical (unpaired) electrons. The summed E-state index contributed by atoms with van der Waals surface area (Å²) in [5.74, 6) is 7.20. The average molecular weight is 353 g/mol. The van der Waals surface area contributed by atoms with Crippen molar-refractivity contribution in [3.05, 3.63) is 11.9 Å². The Morgan fingerprint density at radius 2 is 2.00 bits per heavy atom. The van der Waals surface area contributed by atoms with Crippen LogP contribution in [-0.4, -0.2) is 9.06 Å². The van der Waals surface area contributed by atoms with Crippen LogP contribution in [0.25, 0.3) is 0 Å². The fourth-order valence-corrected chi connectivity index (χ4v) is 3.33. The third kappa shape index (κ3) is 3.91. The Bertz CT molecular complexity index is 305. The van der Waals surface area contributed by atoms with Gasteiger partial charge in [0.1, 0.15) is 4.05 Å². The summed E-state index contributed by atoms with van der Waals surface area (Å²) in [5.41, 5.74) is 6.77. The smallest absolute Gasteiger partial charge is 0.171 e. The van der Waals surface area contributed by atoms with Crippen molar-refractivity contribution in [3.8, 4) is 0 Å². The van der Waals surface area contributed by atoms with Crippen LogP contribution in [0, 0.1) is 17.3 Å². The van der Waals surface area contributed by atoms with Gasteiger partial charge in [-0.15, -0.1) is 0 Å². The van der Waals surface area contributed by atoms with E-state index in [1.807, 2.05) is 20.8 Å². The molecule has 0 spiro atoms. The van der Waals surface area contributed by atoms with Crippen LogP contribution >= 0.6 is 21.2 Å². The van der Waals surface area contributed by atoms with E-state index in [-0.39, 0.29) is 9.46 Å². The second kappa shape index (κ2) is 5.65. The zero-order valence-corrected chi connectivity index (χ0v) is 13.3. The quantitative estimate of drug-likeness (QED) is 0.268. The molecule has 100 valence electrons. The van der Waals surface area contributed by atoms with Crippen molar-refractivity contribution in [1.29, 1.82) is 0 Å². The lowest BCUT2D eigenvalue weighted by atomic mass is 9.74. The summed E-state index contributed by atoms with van der Waals surface area (Å²) >= 11 is -1.18. The maximum atomic E-state index is 11.3. The van der Waals surface area contributed by atoms with E-state index >= 15 is 0 Å². The first kappa shape index (κ1) is 14.9.